The minimum absolute atomic E-state index is 0.0382. The Hall–Kier alpha value is -4.70. The van der Waals surface area contributed by atoms with Crippen LogP contribution in [-0.2, 0) is 12.8 Å². The highest BCUT2D eigenvalue weighted by atomic mass is 35.5. The van der Waals surface area contributed by atoms with E-state index in [4.69, 9.17) is 21.1 Å². The Morgan fingerprint density at radius 1 is 1.00 bits per heavy atom. The molecule has 11 heteroatoms. The number of para-hydroxylation sites is 1. The van der Waals surface area contributed by atoms with E-state index in [1.807, 2.05) is 0 Å². The summed E-state index contributed by atoms with van der Waals surface area (Å²) >= 11 is 6.29. The van der Waals surface area contributed by atoms with Crippen LogP contribution in [0.5, 0.6) is 11.5 Å². The van der Waals surface area contributed by atoms with E-state index in [1.54, 1.807) is 36.4 Å². The van der Waals surface area contributed by atoms with E-state index in [0.717, 1.165) is 16.8 Å². The minimum Gasteiger partial charge on any atom is -0.493 e. The van der Waals surface area contributed by atoms with Crippen LogP contribution in [0.15, 0.2) is 94.8 Å². The van der Waals surface area contributed by atoms with Gasteiger partial charge in [0.1, 0.15) is 12.4 Å². The van der Waals surface area contributed by atoms with Crippen molar-refractivity contribution >= 4 is 28.7 Å². The first-order chi connectivity index (χ1) is 19.6. The number of aromatic nitrogens is 2. The Morgan fingerprint density at radius 2 is 1.76 bits per heavy atom. The van der Waals surface area contributed by atoms with Gasteiger partial charge in [0.25, 0.3) is 5.56 Å². The Morgan fingerprint density at radius 3 is 2.49 bits per heavy atom. The quantitative estimate of drug-likeness (QED) is 0.149. The largest absolute Gasteiger partial charge is 0.493 e. The monoisotopic (exact) mass is 581 g/mol. The van der Waals surface area contributed by atoms with Crippen molar-refractivity contribution in [2.45, 2.75) is 12.8 Å². The summed E-state index contributed by atoms with van der Waals surface area (Å²) < 4.78 is 66.1. The number of benzene rings is 4. The lowest BCUT2D eigenvalue weighted by molar-refractivity contribution is -0.137. The third-order valence-electron chi connectivity index (χ3n) is 6.08. The molecular weight excluding hydrogens is 562 g/mol. The Balaban J connectivity index is 1.63. The van der Waals surface area contributed by atoms with Crippen molar-refractivity contribution in [1.82, 2.24) is 9.66 Å². The van der Waals surface area contributed by atoms with Gasteiger partial charge in [-0.05, 0) is 48.0 Å². The van der Waals surface area contributed by atoms with Crippen LogP contribution < -0.4 is 15.0 Å². The maximum absolute atomic E-state index is 13.5. The molecule has 5 rings (SSSR count). The summed E-state index contributed by atoms with van der Waals surface area (Å²) in [5.74, 6) is 0.00557. The summed E-state index contributed by atoms with van der Waals surface area (Å²) in [6.07, 6.45) is -3.32. The summed E-state index contributed by atoms with van der Waals surface area (Å²) in [4.78, 5) is 18.0. The summed E-state index contributed by atoms with van der Waals surface area (Å²) in [5.41, 5.74) is -0.175. The van der Waals surface area contributed by atoms with E-state index in [1.165, 1.54) is 49.7 Å². The maximum atomic E-state index is 13.5. The molecule has 0 aliphatic carbocycles. The molecule has 208 valence electrons. The van der Waals surface area contributed by atoms with Crippen LogP contribution in [0.1, 0.15) is 16.7 Å². The fourth-order valence-corrected chi connectivity index (χ4v) is 4.32. The van der Waals surface area contributed by atoms with Crippen molar-refractivity contribution in [3.05, 3.63) is 123 Å². The van der Waals surface area contributed by atoms with Gasteiger partial charge in [-0.3, -0.25) is 4.79 Å². The van der Waals surface area contributed by atoms with Crippen molar-refractivity contribution in [2.75, 3.05) is 7.11 Å². The molecule has 0 aliphatic rings. The maximum Gasteiger partial charge on any atom is 0.416 e. The molecule has 0 amide bonds. The molecule has 1 heterocycles. The molecule has 0 fully saturated rings. The number of fused-ring (bicyclic) bond motifs is 1. The van der Waals surface area contributed by atoms with Gasteiger partial charge in [-0.15, -0.1) is 0 Å². The highest BCUT2D eigenvalue weighted by Crippen LogP contribution is 2.35. The molecule has 0 saturated carbocycles. The number of ether oxygens (including phenoxy) is 2. The van der Waals surface area contributed by atoms with Crippen molar-refractivity contribution in [3.63, 3.8) is 0 Å². The molecule has 0 saturated heterocycles. The van der Waals surface area contributed by atoms with Gasteiger partial charge in [-0.1, -0.05) is 48.0 Å². The first-order valence-electron chi connectivity index (χ1n) is 12.1. The lowest BCUT2D eigenvalue weighted by Crippen LogP contribution is -2.20. The van der Waals surface area contributed by atoms with E-state index >= 15 is 0 Å². The van der Waals surface area contributed by atoms with Crippen LogP contribution in [0.25, 0.3) is 22.3 Å². The van der Waals surface area contributed by atoms with Crippen LogP contribution in [0, 0.1) is 5.82 Å². The molecule has 1 aromatic heterocycles. The van der Waals surface area contributed by atoms with Gasteiger partial charge in [0, 0.05) is 22.2 Å². The van der Waals surface area contributed by atoms with Gasteiger partial charge in [0.2, 0.25) is 0 Å². The second-order valence-corrected chi connectivity index (χ2v) is 9.27. The SMILES string of the molecule is COc1cc(Cl)cc(C=Nn2c(-c3cccc(C(F)(F)F)c3)nc3ccccc3c2=O)c1OCc1ccc(F)cc1. The van der Waals surface area contributed by atoms with Crippen LogP contribution >= 0.6 is 11.6 Å². The predicted molar refractivity (Wildman–Crippen MR) is 148 cm³/mol. The van der Waals surface area contributed by atoms with Crippen molar-refractivity contribution in [1.29, 1.82) is 0 Å². The molecule has 0 atom stereocenters. The Labute approximate surface area is 236 Å². The highest BCUT2D eigenvalue weighted by molar-refractivity contribution is 6.31. The van der Waals surface area contributed by atoms with Crippen LogP contribution in [0.2, 0.25) is 5.02 Å². The normalized spacial score (nSPS) is 11.8. The average molecular weight is 582 g/mol. The van der Waals surface area contributed by atoms with Crippen LogP contribution in [0.4, 0.5) is 17.6 Å². The first-order valence-corrected chi connectivity index (χ1v) is 12.5. The zero-order chi connectivity index (χ0) is 29.1. The number of hydrogen-bond donors (Lipinski definition) is 0. The molecular formula is C30H20ClF4N3O3. The Kier molecular flexibility index (Phi) is 7.76. The van der Waals surface area contributed by atoms with Gasteiger partial charge in [0.15, 0.2) is 17.3 Å². The average Bonchev–Trinajstić information content (AvgIpc) is 2.96. The zero-order valence-corrected chi connectivity index (χ0v) is 22.1. The summed E-state index contributed by atoms with van der Waals surface area (Å²) in [6, 6.07) is 19.7. The number of methoxy groups -OCH3 is 1. The topological polar surface area (TPSA) is 65.7 Å². The smallest absolute Gasteiger partial charge is 0.416 e. The number of alkyl halides is 3. The first kappa shape index (κ1) is 27.9. The number of nitrogens with zero attached hydrogens (tertiary/aromatic N) is 3. The molecule has 4 aromatic carbocycles. The fraction of sp³-hybridized carbons (Fsp3) is 0.100. The standard InChI is InChI=1S/C30H20ClF4N3O3/c1-40-26-15-22(31)14-20(27(26)41-17-18-9-11-23(32)12-10-18)16-36-38-28(19-5-4-6-21(13-19)30(33,34)35)37-25-8-3-2-7-24(25)29(38)39/h2-16H,17H2,1H3. The molecule has 6 nitrogen and oxygen atoms in total. The van der Waals surface area contributed by atoms with E-state index in [9.17, 15) is 22.4 Å². The third kappa shape index (κ3) is 6.07. The second-order valence-electron chi connectivity index (χ2n) is 8.83. The molecule has 0 radical (unpaired) electrons. The number of hydrogen-bond acceptors (Lipinski definition) is 5. The van der Waals surface area contributed by atoms with Gasteiger partial charge < -0.3 is 9.47 Å². The summed E-state index contributed by atoms with van der Waals surface area (Å²) in [7, 11) is 1.42. The zero-order valence-electron chi connectivity index (χ0n) is 21.3. The van der Waals surface area contributed by atoms with Crippen molar-refractivity contribution in [3.8, 4) is 22.9 Å². The molecule has 0 spiro atoms. The number of rotatable bonds is 7. The molecule has 0 unspecified atom stereocenters. The van der Waals surface area contributed by atoms with E-state index in [0.29, 0.717) is 16.6 Å². The van der Waals surface area contributed by atoms with Gasteiger partial charge in [0.05, 0.1) is 29.8 Å². The third-order valence-corrected chi connectivity index (χ3v) is 6.30. The lowest BCUT2D eigenvalue weighted by atomic mass is 10.1. The molecule has 0 aliphatic heterocycles. The molecule has 0 bridgehead atoms. The number of halogens is 5. The van der Waals surface area contributed by atoms with Crippen LogP contribution in [0.3, 0.4) is 0 Å². The highest BCUT2D eigenvalue weighted by Gasteiger charge is 2.31. The van der Waals surface area contributed by atoms with Gasteiger partial charge in [-0.25, -0.2) is 9.37 Å². The summed E-state index contributed by atoms with van der Waals surface area (Å²) in [5, 5.41) is 4.83. The lowest BCUT2D eigenvalue weighted by Gasteiger charge is -2.15. The van der Waals surface area contributed by atoms with E-state index < -0.39 is 23.1 Å². The predicted octanol–water partition coefficient (Wildman–Crippen LogP) is 7.34. The molecule has 5 aromatic rings. The fourth-order valence-electron chi connectivity index (χ4n) is 4.10. The van der Waals surface area contributed by atoms with Gasteiger partial charge in [-0.2, -0.15) is 22.9 Å². The molecule has 0 N–H and O–H groups in total. The Bertz CT molecular complexity index is 1820. The van der Waals surface area contributed by atoms with E-state index in [2.05, 4.69) is 10.1 Å². The van der Waals surface area contributed by atoms with Crippen molar-refractivity contribution in [2.24, 2.45) is 5.10 Å². The second kappa shape index (κ2) is 11.4. The van der Waals surface area contributed by atoms with Gasteiger partial charge >= 0.3 is 6.18 Å². The molecule has 41 heavy (non-hydrogen) atoms. The van der Waals surface area contributed by atoms with Crippen LogP contribution in [-0.4, -0.2) is 23.0 Å². The van der Waals surface area contributed by atoms with Crippen molar-refractivity contribution < 1.29 is 27.0 Å². The summed E-state index contributed by atoms with van der Waals surface area (Å²) in [6.45, 7) is 0.0477. The van der Waals surface area contributed by atoms with E-state index in [-0.39, 0.29) is 39.9 Å². The minimum atomic E-state index is -4.60.